The topological polar surface area (TPSA) is 46.6 Å². The van der Waals surface area contributed by atoms with Crippen LogP contribution >= 0.6 is 0 Å². The minimum atomic E-state index is -0.681. The Hall–Kier alpha value is -2.62. The van der Waals surface area contributed by atoms with Gasteiger partial charge in [-0.25, -0.2) is 9.69 Å². The number of nitrogens with zero attached hydrogens (tertiary/aromatic N) is 1. The van der Waals surface area contributed by atoms with Crippen LogP contribution in [0, 0.1) is 5.92 Å². The molecule has 4 heteroatoms. The van der Waals surface area contributed by atoms with Crippen LogP contribution in [0.3, 0.4) is 0 Å². The number of benzene rings is 2. The summed E-state index contributed by atoms with van der Waals surface area (Å²) in [5.74, 6) is 0.151. The lowest BCUT2D eigenvalue weighted by molar-refractivity contribution is -0.135. The van der Waals surface area contributed by atoms with E-state index in [0.29, 0.717) is 6.42 Å². The predicted octanol–water partition coefficient (Wildman–Crippen LogP) is 3.94. The summed E-state index contributed by atoms with van der Waals surface area (Å²) in [6.45, 7) is 2.24. The molecule has 1 aliphatic carbocycles. The van der Waals surface area contributed by atoms with E-state index in [1.54, 1.807) is 0 Å². The summed E-state index contributed by atoms with van der Waals surface area (Å²) in [6.07, 6.45) is 2.14. The molecule has 134 valence electrons. The molecular weight excluding hydrogens is 326 g/mol. The highest BCUT2D eigenvalue weighted by molar-refractivity contribution is 6.00. The van der Waals surface area contributed by atoms with Crippen molar-refractivity contribution in [3.05, 3.63) is 71.8 Å². The minimum absolute atomic E-state index is 0.130. The van der Waals surface area contributed by atoms with Gasteiger partial charge in [0, 0.05) is 0 Å². The summed E-state index contributed by atoms with van der Waals surface area (Å²) in [7, 11) is 0. The molecule has 4 nitrogen and oxygen atoms in total. The fraction of sp³-hybridized carbons (Fsp3) is 0.364. The van der Waals surface area contributed by atoms with Crippen molar-refractivity contribution in [2.45, 2.75) is 37.6 Å². The number of ether oxygens (including phenoxy) is 1. The van der Waals surface area contributed by atoms with Crippen LogP contribution < -0.4 is 0 Å². The van der Waals surface area contributed by atoms with Crippen LogP contribution in [-0.2, 0) is 21.4 Å². The van der Waals surface area contributed by atoms with Gasteiger partial charge >= 0.3 is 6.09 Å². The number of imide groups is 1. The molecule has 26 heavy (non-hydrogen) atoms. The Morgan fingerprint density at radius 3 is 2.31 bits per heavy atom. The van der Waals surface area contributed by atoms with E-state index in [0.717, 1.165) is 24.0 Å². The van der Waals surface area contributed by atoms with Crippen molar-refractivity contribution in [3.63, 3.8) is 0 Å². The van der Waals surface area contributed by atoms with Crippen LogP contribution in [0.25, 0.3) is 0 Å². The van der Waals surface area contributed by atoms with Crippen molar-refractivity contribution in [2.24, 2.45) is 5.92 Å². The van der Waals surface area contributed by atoms with E-state index in [-0.39, 0.29) is 24.5 Å². The Labute approximate surface area is 153 Å². The highest BCUT2D eigenvalue weighted by Crippen LogP contribution is 2.49. The van der Waals surface area contributed by atoms with Crippen molar-refractivity contribution < 1.29 is 14.3 Å². The van der Waals surface area contributed by atoms with Gasteiger partial charge in [-0.15, -0.1) is 0 Å². The average Bonchev–Trinajstić information content (AvgIpc) is 3.47. The lowest BCUT2D eigenvalue weighted by atomic mass is 9.76. The molecule has 1 aliphatic heterocycles. The maximum atomic E-state index is 13.6. The summed E-state index contributed by atoms with van der Waals surface area (Å²) in [4.78, 5) is 27.4. The number of cyclic esters (lactones) is 1. The molecular formula is C22H23NO3. The van der Waals surface area contributed by atoms with Gasteiger partial charge in [-0.05, 0) is 43.2 Å². The molecule has 2 unspecified atom stereocenters. The normalized spacial score (nSPS) is 22.0. The average molecular weight is 349 g/mol. The molecule has 0 aromatic heterocycles. The molecule has 4 rings (SSSR count). The fourth-order valence-corrected chi connectivity index (χ4v) is 3.97. The molecule has 0 N–H and O–H groups in total. The van der Waals surface area contributed by atoms with Gasteiger partial charge in [0.2, 0.25) is 5.91 Å². The van der Waals surface area contributed by atoms with E-state index < -0.39 is 11.5 Å². The summed E-state index contributed by atoms with van der Waals surface area (Å²) < 4.78 is 5.27. The van der Waals surface area contributed by atoms with Gasteiger partial charge in [0.05, 0.1) is 11.5 Å². The van der Waals surface area contributed by atoms with Gasteiger partial charge in [0.25, 0.3) is 0 Å². The van der Waals surface area contributed by atoms with Gasteiger partial charge in [-0.3, -0.25) is 4.79 Å². The Morgan fingerprint density at radius 2 is 1.69 bits per heavy atom. The first-order valence-corrected chi connectivity index (χ1v) is 9.20. The zero-order valence-corrected chi connectivity index (χ0v) is 14.9. The van der Waals surface area contributed by atoms with E-state index in [1.165, 1.54) is 4.90 Å². The summed E-state index contributed by atoms with van der Waals surface area (Å²) in [6, 6.07) is 19.5. The van der Waals surface area contributed by atoms with Crippen LogP contribution in [0.1, 0.15) is 30.9 Å². The summed E-state index contributed by atoms with van der Waals surface area (Å²) >= 11 is 0. The lowest BCUT2D eigenvalue weighted by Gasteiger charge is -2.33. The van der Waals surface area contributed by atoms with Crippen LogP contribution in [0.2, 0.25) is 0 Å². The largest absolute Gasteiger partial charge is 0.447 e. The molecule has 1 saturated carbocycles. The maximum Gasteiger partial charge on any atom is 0.417 e. The van der Waals surface area contributed by atoms with Crippen molar-refractivity contribution in [3.8, 4) is 0 Å². The van der Waals surface area contributed by atoms with E-state index in [2.05, 4.69) is 0 Å². The summed E-state index contributed by atoms with van der Waals surface area (Å²) in [5, 5.41) is 0. The third-order valence-corrected chi connectivity index (χ3v) is 5.71. The first kappa shape index (κ1) is 16.8. The molecule has 0 spiro atoms. The second-order valence-corrected chi connectivity index (χ2v) is 7.44. The van der Waals surface area contributed by atoms with Crippen molar-refractivity contribution in [2.75, 3.05) is 6.61 Å². The standard InChI is InChI=1S/C22H23NO3/c1-22(18-12-13-18,17-10-6-3-7-11-17)20(24)23-19(15-26-21(23)25)14-16-8-4-2-5-9-16/h2-11,18-19H,12-15H2,1H3. The molecule has 2 aromatic rings. The maximum absolute atomic E-state index is 13.6. The highest BCUT2D eigenvalue weighted by atomic mass is 16.6. The molecule has 0 bridgehead atoms. The molecule has 0 radical (unpaired) electrons. The van der Waals surface area contributed by atoms with Crippen LogP contribution in [0.5, 0.6) is 0 Å². The highest BCUT2D eigenvalue weighted by Gasteiger charge is 2.53. The predicted molar refractivity (Wildman–Crippen MR) is 98.6 cm³/mol. The zero-order chi connectivity index (χ0) is 18.1. The minimum Gasteiger partial charge on any atom is -0.447 e. The third kappa shape index (κ3) is 2.90. The summed E-state index contributed by atoms with van der Waals surface area (Å²) in [5.41, 5.74) is 1.40. The monoisotopic (exact) mass is 349 g/mol. The van der Waals surface area contributed by atoms with Crippen molar-refractivity contribution in [1.29, 1.82) is 0 Å². The van der Waals surface area contributed by atoms with Crippen LogP contribution in [0.15, 0.2) is 60.7 Å². The zero-order valence-electron chi connectivity index (χ0n) is 14.9. The van der Waals surface area contributed by atoms with E-state index in [1.807, 2.05) is 67.6 Å². The molecule has 2 fully saturated rings. The van der Waals surface area contributed by atoms with Crippen LogP contribution in [-0.4, -0.2) is 29.5 Å². The third-order valence-electron chi connectivity index (χ3n) is 5.71. The molecule has 2 aliphatic rings. The van der Waals surface area contributed by atoms with E-state index in [4.69, 9.17) is 4.74 Å². The Morgan fingerprint density at radius 1 is 1.08 bits per heavy atom. The number of hydrogen-bond donors (Lipinski definition) is 0. The van der Waals surface area contributed by atoms with Crippen molar-refractivity contribution >= 4 is 12.0 Å². The van der Waals surface area contributed by atoms with Crippen LogP contribution in [0.4, 0.5) is 4.79 Å². The van der Waals surface area contributed by atoms with Gasteiger partial charge in [0.15, 0.2) is 0 Å². The van der Waals surface area contributed by atoms with Crippen molar-refractivity contribution in [1.82, 2.24) is 4.90 Å². The quantitative estimate of drug-likeness (QED) is 0.821. The Balaban J connectivity index is 1.65. The van der Waals surface area contributed by atoms with Gasteiger partial charge in [0.1, 0.15) is 6.61 Å². The smallest absolute Gasteiger partial charge is 0.417 e. The first-order valence-electron chi connectivity index (χ1n) is 9.20. The molecule has 1 saturated heterocycles. The number of carbonyl (C=O) groups is 2. The Bertz CT molecular complexity index is 801. The second-order valence-electron chi connectivity index (χ2n) is 7.44. The van der Waals surface area contributed by atoms with Gasteiger partial charge in [-0.2, -0.15) is 0 Å². The number of hydrogen-bond acceptors (Lipinski definition) is 3. The Kier molecular flexibility index (Phi) is 4.27. The molecule has 2 atom stereocenters. The number of amides is 2. The molecule has 2 amide bonds. The number of carbonyl (C=O) groups excluding carboxylic acids is 2. The van der Waals surface area contributed by atoms with E-state index in [9.17, 15) is 9.59 Å². The SMILES string of the molecule is CC(C(=O)N1C(=O)OCC1Cc1ccccc1)(c1ccccc1)C1CC1. The molecule has 1 heterocycles. The van der Waals surface area contributed by atoms with Gasteiger partial charge in [-0.1, -0.05) is 60.7 Å². The van der Waals surface area contributed by atoms with Gasteiger partial charge < -0.3 is 4.74 Å². The first-order chi connectivity index (χ1) is 12.6. The van der Waals surface area contributed by atoms with E-state index >= 15 is 0 Å². The lowest BCUT2D eigenvalue weighted by Crippen LogP contribution is -2.51. The second kappa shape index (κ2) is 6.60. The number of rotatable bonds is 5. The fourth-order valence-electron chi connectivity index (χ4n) is 3.97. The molecule has 2 aromatic carbocycles.